The van der Waals surface area contributed by atoms with Gasteiger partial charge < -0.3 is 15.2 Å². The van der Waals surface area contributed by atoms with Gasteiger partial charge in [-0.2, -0.15) is 0 Å². The van der Waals surface area contributed by atoms with Crippen LogP contribution in [0.2, 0.25) is 0 Å². The molecule has 4 heteroatoms. The third-order valence-corrected chi connectivity index (χ3v) is 2.24. The fourth-order valence-electron chi connectivity index (χ4n) is 1.45. The number of halogens is 1. The maximum Gasteiger partial charge on any atom is 0.123 e. The summed E-state index contributed by atoms with van der Waals surface area (Å²) < 4.78 is 18.2. The predicted octanol–water partition coefficient (Wildman–Crippen LogP) is 2.05. The lowest BCUT2D eigenvalue weighted by Crippen LogP contribution is -2.26. The van der Waals surface area contributed by atoms with Crippen molar-refractivity contribution in [2.75, 3.05) is 13.2 Å². The monoisotopic (exact) mass is 227 g/mol. The van der Waals surface area contributed by atoms with Gasteiger partial charge in [0.2, 0.25) is 0 Å². The maximum atomic E-state index is 12.9. The Bertz CT molecular complexity index is 331. The molecule has 0 heterocycles. The molecule has 0 saturated heterocycles. The average Bonchev–Trinajstić information content (AvgIpc) is 2.23. The minimum atomic E-state index is -0.340. The van der Waals surface area contributed by atoms with Crippen LogP contribution in [0.25, 0.3) is 0 Å². The van der Waals surface area contributed by atoms with Crippen LogP contribution in [-0.2, 0) is 11.3 Å². The SMILES string of the molecule is CCOC(C)CNCc1cc(F)ccc1O. The first-order valence-electron chi connectivity index (χ1n) is 5.43. The van der Waals surface area contributed by atoms with Gasteiger partial charge in [0.1, 0.15) is 11.6 Å². The molecule has 0 aliphatic carbocycles. The van der Waals surface area contributed by atoms with Gasteiger partial charge in [-0.15, -0.1) is 0 Å². The van der Waals surface area contributed by atoms with E-state index in [0.29, 0.717) is 25.3 Å². The van der Waals surface area contributed by atoms with E-state index < -0.39 is 0 Å². The summed E-state index contributed by atoms with van der Waals surface area (Å²) >= 11 is 0. The normalized spacial score (nSPS) is 12.7. The molecule has 0 spiro atoms. The standard InChI is InChI=1S/C12H18FNO2/c1-3-16-9(2)7-14-8-10-6-11(13)4-5-12(10)15/h4-6,9,14-15H,3,7-8H2,1-2H3. The number of rotatable bonds is 6. The number of ether oxygens (including phenoxy) is 1. The molecule has 0 fully saturated rings. The van der Waals surface area contributed by atoms with E-state index in [0.717, 1.165) is 0 Å². The molecular weight excluding hydrogens is 209 g/mol. The molecule has 0 radical (unpaired) electrons. The van der Waals surface area contributed by atoms with E-state index in [9.17, 15) is 9.50 Å². The van der Waals surface area contributed by atoms with Crippen LogP contribution in [0.5, 0.6) is 5.75 Å². The minimum absolute atomic E-state index is 0.109. The van der Waals surface area contributed by atoms with E-state index in [1.807, 2.05) is 13.8 Å². The summed E-state index contributed by atoms with van der Waals surface area (Å²) in [6.07, 6.45) is 0.112. The summed E-state index contributed by atoms with van der Waals surface area (Å²) in [5.41, 5.74) is 0.559. The largest absolute Gasteiger partial charge is 0.508 e. The molecule has 3 nitrogen and oxygen atoms in total. The molecule has 0 aliphatic heterocycles. The Morgan fingerprint density at radius 1 is 1.50 bits per heavy atom. The highest BCUT2D eigenvalue weighted by Gasteiger charge is 2.04. The second kappa shape index (κ2) is 6.45. The van der Waals surface area contributed by atoms with Crippen LogP contribution >= 0.6 is 0 Å². The van der Waals surface area contributed by atoms with Crippen LogP contribution in [0.1, 0.15) is 19.4 Å². The Morgan fingerprint density at radius 2 is 2.25 bits per heavy atom. The molecule has 1 aromatic rings. The number of phenolic OH excluding ortho intramolecular Hbond substituents is 1. The van der Waals surface area contributed by atoms with Crippen LogP contribution in [0.15, 0.2) is 18.2 Å². The van der Waals surface area contributed by atoms with Crippen LogP contribution in [0.4, 0.5) is 4.39 Å². The molecule has 0 saturated carbocycles. The second-order valence-electron chi connectivity index (χ2n) is 3.67. The second-order valence-corrected chi connectivity index (χ2v) is 3.67. The zero-order valence-corrected chi connectivity index (χ0v) is 9.66. The quantitative estimate of drug-likeness (QED) is 0.781. The van der Waals surface area contributed by atoms with Crippen molar-refractivity contribution >= 4 is 0 Å². The summed E-state index contributed by atoms with van der Waals surface area (Å²) in [5.74, 6) is -0.231. The van der Waals surface area contributed by atoms with Gasteiger partial charge in [0.05, 0.1) is 6.10 Å². The highest BCUT2D eigenvalue weighted by molar-refractivity contribution is 5.32. The summed E-state index contributed by atoms with van der Waals surface area (Å²) in [4.78, 5) is 0. The number of hydrogen-bond acceptors (Lipinski definition) is 3. The third-order valence-electron chi connectivity index (χ3n) is 2.24. The van der Waals surface area contributed by atoms with Gasteiger partial charge in [0.25, 0.3) is 0 Å². The van der Waals surface area contributed by atoms with E-state index in [2.05, 4.69) is 5.32 Å². The zero-order chi connectivity index (χ0) is 12.0. The van der Waals surface area contributed by atoms with Crippen molar-refractivity contribution < 1.29 is 14.2 Å². The van der Waals surface area contributed by atoms with Crippen LogP contribution < -0.4 is 5.32 Å². The zero-order valence-electron chi connectivity index (χ0n) is 9.66. The van der Waals surface area contributed by atoms with Crippen LogP contribution in [0.3, 0.4) is 0 Å². The van der Waals surface area contributed by atoms with Gasteiger partial charge in [-0.05, 0) is 32.0 Å². The van der Waals surface area contributed by atoms with E-state index in [1.54, 1.807) is 0 Å². The molecule has 0 aromatic heterocycles. The molecule has 1 atom stereocenters. The van der Waals surface area contributed by atoms with E-state index in [1.165, 1.54) is 18.2 Å². The minimum Gasteiger partial charge on any atom is -0.508 e. The number of hydrogen-bond donors (Lipinski definition) is 2. The van der Waals surface area contributed by atoms with Gasteiger partial charge in [-0.3, -0.25) is 0 Å². The first-order valence-corrected chi connectivity index (χ1v) is 5.43. The van der Waals surface area contributed by atoms with Crippen molar-refractivity contribution in [1.29, 1.82) is 0 Å². The lowest BCUT2D eigenvalue weighted by atomic mass is 10.2. The smallest absolute Gasteiger partial charge is 0.123 e. The van der Waals surface area contributed by atoms with Crippen molar-refractivity contribution in [2.24, 2.45) is 0 Å². The van der Waals surface area contributed by atoms with Crippen LogP contribution in [0, 0.1) is 5.82 Å². The van der Waals surface area contributed by atoms with Gasteiger partial charge in [-0.25, -0.2) is 4.39 Å². The summed E-state index contributed by atoms with van der Waals surface area (Å²) in [6, 6.07) is 3.92. The Kier molecular flexibility index (Phi) is 5.22. The van der Waals surface area contributed by atoms with Crippen molar-refractivity contribution in [1.82, 2.24) is 5.32 Å². The average molecular weight is 227 g/mol. The van der Waals surface area contributed by atoms with Gasteiger partial charge >= 0.3 is 0 Å². The van der Waals surface area contributed by atoms with E-state index in [-0.39, 0.29) is 17.7 Å². The highest BCUT2D eigenvalue weighted by atomic mass is 19.1. The van der Waals surface area contributed by atoms with Gasteiger partial charge in [0.15, 0.2) is 0 Å². The number of phenols is 1. The molecule has 90 valence electrons. The number of benzene rings is 1. The van der Waals surface area contributed by atoms with Gasteiger partial charge in [0, 0.05) is 25.3 Å². The van der Waals surface area contributed by atoms with E-state index in [4.69, 9.17) is 4.74 Å². The van der Waals surface area contributed by atoms with Gasteiger partial charge in [-0.1, -0.05) is 0 Å². The lowest BCUT2D eigenvalue weighted by molar-refractivity contribution is 0.0759. The van der Waals surface area contributed by atoms with Crippen molar-refractivity contribution in [3.8, 4) is 5.75 Å². The molecular formula is C12H18FNO2. The lowest BCUT2D eigenvalue weighted by Gasteiger charge is -2.13. The summed E-state index contributed by atoms with van der Waals surface area (Å²) in [6.45, 7) is 5.68. The molecule has 1 unspecified atom stereocenters. The molecule has 1 aromatic carbocycles. The topological polar surface area (TPSA) is 41.5 Å². The predicted molar refractivity (Wildman–Crippen MR) is 60.9 cm³/mol. The Hall–Kier alpha value is -1.13. The summed E-state index contributed by atoms with van der Waals surface area (Å²) in [5, 5.41) is 12.6. The molecule has 1 rings (SSSR count). The highest BCUT2D eigenvalue weighted by Crippen LogP contribution is 2.17. The molecule has 0 amide bonds. The molecule has 2 N–H and O–H groups in total. The molecule has 0 aliphatic rings. The Balaban J connectivity index is 2.39. The maximum absolute atomic E-state index is 12.9. The summed E-state index contributed by atoms with van der Waals surface area (Å²) in [7, 11) is 0. The first kappa shape index (κ1) is 12.9. The first-order chi connectivity index (χ1) is 7.63. The number of aromatic hydroxyl groups is 1. The third kappa shape index (κ3) is 4.16. The van der Waals surface area contributed by atoms with E-state index >= 15 is 0 Å². The fourth-order valence-corrected chi connectivity index (χ4v) is 1.45. The molecule has 16 heavy (non-hydrogen) atoms. The molecule has 0 bridgehead atoms. The Labute approximate surface area is 95.2 Å². The van der Waals surface area contributed by atoms with Crippen molar-refractivity contribution in [2.45, 2.75) is 26.5 Å². The number of nitrogens with one attached hydrogen (secondary N) is 1. The van der Waals surface area contributed by atoms with Crippen molar-refractivity contribution in [3.05, 3.63) is 29.6 Å². The van der Waals surface area contributed by atoms with Crippen LogP contribution in [-0.4, -0.2) is 24.4 Å². The van der Waals surface area contributed by atoms with Crippen molar-refractivity contribution in [3.63, 3.8) is 0 Å². The fraction of sp³-hybridized carbons (Fsp3) is 0.500. The Morgan fingerprint density at radius 3 is 2.94 bits per heavy atom.